The van der Waals surface area contributed by atoms with Crippen LogP contribution in [0.1, 0.15) is 38.7 Å². The number of hydrogen-bond acceptors (Lipinski definition) is 2. The van der Waals surface area contributed by atoms with Crippen molar-refractivity contribution in [2.45, 2.75) is 51.7 Å². The van der Waals surface area contributed by atoms with Crippen molar-refractivity contribution in [1.29, 1.82) is 0 Å². The van der Waals surface area contributed by atoms with Crippen LogP contribution in [-0.2, 0) is 6.42 Å². The van der Waals surface area contributed by atoms with E-state index in [9.17, 15) is 0 Å². The third-order valence-corrected chi connectivity index (χ3v) is 3.52. The maximum absolute atomic E-state index is 5.96. The predicted octanol–water partition coefficient (Wildman–Crippen LogP) is 3.71. The SMILES string of the molecule is CCNC(C)Cc1ccc(OC2C=CCCC2)cc1. The summed E-state index contributed by atoms with van der Waals surface area (Å²) in [5.41, 5.74) is 1.36. The molecule has 0 spiro atoms. The number of ether oxygens (including phenoxy) is 1. The molecule has 2 nitrogen and oxygen atoms in total. The van der Waals surface area contributed by atoms with Gasteiger partial charge in [-0.25, -0.2) is 0 Å². The van der Waals surface area contributed by atoms with Gasteiger partial charge in [0, 0.05) is 6.04 Å². The molecule has 0 saturated carbocycles. The third kappa shape index (κ3) is 4.71. The van der Waals surface area contributed by atoms with Crippen LogP contribution in [0.4, 0.5) is 0 Å². The lowest BCUT2D eigenvalue weighted by atomic mass is 10.0. The molecule has 1 aromatic rings. The Labute approximate surface area is 116 Å². The Balaban J connectivity index is 1.87. The van der Waals surface area contributed by atoms with Gasteiger partial charge in [-0.1, -0.05) is 25.1 Å². The van der Waals surface area contributed by atoms with Crippen LogP contribution in [-0.4, -0.2) is 18.7 Å². The number of allylic oxidation sites excluding steroid dienone is 1. The van der Waals surface area contributed by atoms with Gasteiger partial charge in [0.1, 0.15) is 11.9 Å². The highest BCUT2D eigenvalue weighted by atomic mass is 16.5. The Hall–Kier alpha value is -1.28. The molecule has 2 heteroatoms. The summed E-state index contributed by atoms with van der Waals surface area (Å²) in [5.74, 6) is 0.983. The largest absolute Gasteiger partial charge is 0.486 e. The zero-order chi connectivity index (χ0) is 13.5. The van der Waals surface area contributed by atoms with Gasteiger partial charge < -0.3 is 10.1 Å². The zero-order valence-corrected chi connectivity index (χ0v) is 12.1. The highest BCUT2D eigenvalue weighted by molar-refractivity contribution is 5.28. The van der Waals surface area contributed by atoms with E-state index in [0.29, 0.717) is 6.04 Å². The summed E-state index contributed by atoms with van der Waals surface area (Å²) in [6, 6.07) is 9.07. The quantitative estimate of drug-likeness (QED) is 0.786. The average molecular weight is 259 g/mol. The fourth-order valence-corrected chi connectivity index (χ4v) is 2.53. The fourth-order valence-electron chi connectivity index (χ4n) is 2.53. The maximum Gasteiger partial charge on any atom is 0.120 e. The van der Waals surface area contributed by atoms with E-state index in [1.54, 1.807) is 0 Å². The van der Waals surface area contributed by atoms with Crippen LogP contribution in [0.25, 0.3) is 0 Å². The normalized spacial score (nSPS) is 20.2. The van der Waals surface area contributed by atoms with Crippen LogP contribution < -0.4 is 10.1 Å². The number of benzene rings is 1. The van der Waals surface area contributed by atoms with E-state index in [2.05, 4.69) is 55.6 Å². The molecule has 1 aliphatic rings. The van der Waals surface area contributed by atoms with E-state index in [-0.39, 0.29) is 6.10 Å². The minimum atomic E-state index is 0.264. The van der Waals surface area contributed by atoms with Crippen LogP contribution in [0.2, 0.25) is 0 Å². The third-order valence-electron chi connectivity index (χ3n) is 3.52. The summed E-state index contributed by atoms with van der Waals surface area (Å²) >= 11 is 0. The number of nitrogens with one attached hydrogen (secondary N) is 1. The molecule has 0 bridgehead atoms. The van der Waals surface area contributed by atoms with Crippen LogP contribution in [0.15, 0.2) is 36.4 Å². The second kappa shape index (κ2) is 7.34. The molecular weight excluding hydrogens is 234 g/mol. The Morgan fingerprint density at radius 3 is 2.74 bits per heavy atom. The molecular formula is C17H25NO. The molecule has 1 aliphatic carbocycles. The van der Waals surface area contributed by atoms with E-state index >= 15 is 0 Å². The van der Waals surface area contributed by atoms with Gasteiger partial charge in [0.2, 0.25) is 0 Å². The molecule has 1 N–H and O–H groups in total. The fraction of sp³-hybridized carbons (Fsp3) is 0.529. The van der Waals surface area contributed by atoms with Crippen molar-refractivity contribution in [2.24, 2.45) is 0 Å². The minimum Gasteiger partial charge on any atom is -0.486 e. The lowest BCUT2D eigenvalue weighted by Gasteiger charge is -2.19. The number of likely N-dealkylation sites (N-methyl/N-ethyl adjacent to an activating group) is 1. The second-order valence-electron chi connectivity index (χ2n) is 5.32. The molecule has 0 aliphatic heterocycles. The lowest BCUT2D eigenvalue weighted by Crippen LogP contribution is -2.27. The van der Waals surface area contributed by atoms with Crippen molar-refractivity contribution >= 4 is 0 Å². The molecule has 2 atom stereocenters. The van der Waals surface area contributed by atoms with E-state index < -0.39 is 0 Å². The summed E-state index contributed by atoms with van der Waals surface area (Å²) in [7, 11) is 0. The van der Waals surface area contributed by atoms with Gasteiger partial charge >= 0.3 is 0 Å². The summed E-state index contributed by atoms with van der Waals surface area (Å²) < 4.78 is 5.96. The first-order valence-corrected chi connectivity index (χ1v) is 7.43. The molecule has 1 aromatic carbocycles. The molecule has 0 saturated heterocycles. The minimum absolute atomic E-state index is 0.264. The molecule has 0 amide bonds. The van der Waals surface area contributed by atoms with Crippen molar-refractivity contribution in [3.63, 3.8) is 0 Å². The van der Waals surface area contributed by atoms with Gasteiger partial charge in [0.15, 0.2) is 0 Å². The average Bonchev–Trinajstić information content (AvgIpc) is 2.42. The smallest absolute Gasteiger partial charge is 0.120 e. The van der Waals surface area contributed by atoms with E-state index in [4.69, 9.17) is 4.74 Å². The van der Waals surface area contributed by atoms with Crippen molar-refractivity contribution in [3.8, 4) is 5.75 Å². The molecule has 0 radical (unpaired) electrons. The standard InChI is InChI=1S/C17H25NO/c1-3-18-14(2)13-15-9-11-17(12-10-15)19-16-7-5-4-6-8-16/h5,7,9-12,14,16,18H,3-4,6,8,13H2,1-2H3. The first-order chi connectivity index (χ1) is 9.28. The first kappa shape index (κ1) is 14.1. The molecule has 2 unspecified atom stereocenters. The first-order valence-electron chi connectivity index (χ1n) is 7.43. The monoisotopic (exact) mass is 259 g/mol. The topological polar surface area (TPSA) is 21.3 Å². The lowest BCUT2D eigenvalue weighted by molar-refractivity contribution is 0.230. The Morgan fingerprint density at radius 2 is 2.11 bits per heavy atom. The second-order valence-corrected chi connectivity index (χ2v) is 5.32. The van der Waals surface area contributed by atoms with Crippen LogP contribution in [0.5, 0.6) is 5.75 Å². The predicted molar refractivity (Wildman–Crippen MR) is 80.7 cm³/mol. The Morgan fingerprint density at radius 1 is 1.32 bits per heavy atom. The number of hydrogen-bond donors (Lipinski definition) is 1. The van der Waals surface area contributed by atoms with Gasteiger partial charge in [-0.2, -0.15) is 0 Å². The molecule has 104 valence electrons. The van der Waals surface area contributed by atoms with Crippen LogP contribution in [0, 0.1) is 0 Å². The summed E-state index contributed by atoms with van der Waals surface area (Å²) in [5, 5.41) is 3.43. The van der Waals surface area contributed by atoms with E-state index in [0.717, 1.165) is 25.1 Å². The summed E-state index contributed by atoms with van der Waals surface area (Å²) in [6.07, 6.45) is 9.30. The van der Waals surface area contributed by atoms with Gasteiger partial charge in [0.05, 0.1) is 0 Å². The van der Waals surface area contributed by atoms with Crippen molar-refractivity contribution in [1.82, 2.24) is 5.32 Å². The maximum atomic E-state index is 5.96. The summed E-state index contributed by atoms with van der Waals surface area (Å²) in [6.45, 7) is 5.39. The molecule has 2 rings (SSSR count). The molecule has 0 aromatic heterocycles. The Bertz CT molecular complexity index is 396. The highest BCUT2D eigenvalue weighted by Crippen LogP contribution is 2.19. The Kier molecular flexibility index (Phi) is 5.46. The van der Waals surface area contributed by atoms with Crippen molar-refractivity contribution in [2.75, 3.05) is 6.54 Å². The highest BCUT2D eigenvalue weighted by Gasteiger charge is 2.09. The van der Waals surface area contributed by atoms with Crippen molar-refractivity contribution < 1.29 is 4.74 Å². The zero-order valence-electron chi connectivity index (χ0n) is 12.1. The number of rotatable bonds is 6. The van der Waals surface area contributed by atoms with Gasteiger partial charge in [-0.3, -0.25) is 0 Å². The summed E-state index contributed by atoms with van der Waals surface area (Å²) in [4.78, 5) is 0. The molecule has 19 heavy (non-hydrogen) atoms. The van der Waals surface area contributed by atoms with Gasteiger partial charge in [-0.15, -0.1) is 0 Å². The van der Waals surface area contributed by atoms with Gasteiger partial charge in [0.25, 0.3) is 0 Å². The van der Waals surface area contributed by atoms with Gasteiger partial charge in [-0.05, 0) is 62.9 Å². The van der Waals surface area contributed by atoms with Crippen LogP contribution >= 0.6 is 0 Å². The molecule has 0 heterocycles. The molecule has 0 fully saturated rings. The van der Waals surface area contributed by atoms with E-state index in [1.165, 1.54) is 18.4 Å². The van der Waals surface area contributed by atoms with Crippen molar-refractivity contribution in [3.05, 3.63) is 42.0 Å². The van der Waals surface area contributed by atoms with Crippen LogP contribution in [0.3, 0.4) is 0 Å². The van der Waals surface area contributed by atoms with E-state index in [1.807, 2.05) is 0 Å².